The van der Waals surface area contributed by atoms with Gasteiger partial charge in [-0.15, -0.1) is 0 Å². The molecule has 9 heteroatoms. The number of hydrogen-bond donors (Lipinski definition) is 3. The van der Waals surface area contributed by atoms with Crippen LogP contribution in [0.4, 0.5) is 0 Å². The van der Waals surface area contributed by atoms with Gasteiger partial charge < -0.3 is 25.7 Å². The van der Waals surface area contributed by atoms with Crippen LogP contribution in [-0.4, -0.2) is 64.0 Å². The summed E-state index contributed by atoms with van der Waals surface area (Å²) in [5, 5.41) is 5.16. The fraction of sp³-hybridized carbons (Fsp3) is 0.850. The van der Waals surface area contributed by atoms with Crippen LogP contribution in [0.2, 0.25) is 0 Å². The predicted molar refractivity (Wildman–Crippen MR) is 114 cm³/mol. The highest BCUT2D eigenvalue weighted by molar-refractivity contribution is 7.91. The predicted octanol–water partition coefficient (Wildman–Crippen LogP) is 0.501. The highest BCUT2D eigenvalue weighted by Crippen LogP contribution is 2.29. The van der Waals surface area contributed by atoms with Gasteiger partial charge in [-0.25, -0.2) is 0 Å². The molecule has 29 heavy (non-hydrogen) atoms. The van der Waals surface area contributed by atoms with Gasteiger partial charge in [0.2, 0.25) is 11.8 Å². The SMILES string of the molecule is CC(C)C[C@H](NC(=O)[C@H](C[C@H](C)[S+](C)[O-])NC(=O)[C@@H](N)C(C)C)C(=O)[C@@]1(C)CO1. The maximum Gasteiger partial charge on any atom is 0.243 e. The van der Waals surface area contributed by atoms with E-state index in [4.69, 9.17) is 10.5 Å². The van der Waals surface area contributed by atoms with Crippen LogP contribution in [0.5, 0.6) is 0 Å². The fourth-order valence-electron chi connectivity index (χ4n) is 2.86. The first-order valence-corrected chi connectivity index (χ1v) is 11.8. The number of Topliss-reactive ketones (excluding diaryl/α,β-unsaturated/α-hetero) is 1. The molecule has 0 aromatic heterocycles. The average Bonchev–Trinajstić information content (AvgIpc) is 3.36. The largest absolute Gasteiger partial charge is 0.616 e. The molecule has 1 saturated heterocycles. The van der Waals surface area contributed by atoms with Crippen molar-refractivity contribution in [2.75, 3.05) is 12.9 Å². The standard InChI is InChI=1S/C20H37N3O5S/c1-11(2)8-14(17(24)20(6)10-28-20)22-18(25)15(9-13(5)29(7)27)23-19(26)16(21)12(3)4/h11-16H,8-10,21H2,1-7H3,(H,22,25)(H,23,26)/t13-,14-,15-,16-,20+,29?/m0/s1. The zero-order valence-corrected chi connectivity index (χ0v) is 19.4. The smallest absolute Gasteiger partial charge is 0.243 e. The minimum absolute atomic E-state index is 0.0985. The molecule has 0 bridgehead atoms. The van der Waals surface area contributed by atoms with Crippen molar-refractivity contribution >= 4 is 28.8 Å². The van der Waals surface area contributed by atoms with Crippen molar-refractivity contribution in [1.29, 1.82) is 0 Å². The molecule has 8 nitrogen and oxygen atoms in total. The summed E-state index contributed by atoms with van der Waals surface area (Å²) in [4.78, 5) is 38.2. The molecule has 0 saturated carbocycles. The lowest BCUT2D eigenvalue weighted by atomic mass is 9.93. The molecule has 2 amide bonds. The highest BCUT2D eigenvalue weighted by atomic mass is 32.2. The van der Waals surface area contributed by atoms with Crippen molar-refractivity contribution in [3.05, 3.63) is 0 Å². The second kappa shape index (κ2) is 10.7. The monoisotopic (exact) mass is 431 g/mol. The van der Waals surface area contributed by atoms with Crippen LogP contribution >= 0.6 is 0 Å². The molecule has 1 rings (SSSR count). The summed E-state index contributed by atoms with van der Waals surface area (Å²) in [6, 6.07) is -2.41. The zero-order chi connectivity index (χ0) is 22.5. The summed E-state index contributed by atoms with van der Waals surface area (Å²) in [7, 11) is 0. The van der Waals surface area contributed by atoms with E-state index in [1.807, 2.05) is 27.7 Å². The van der Waals surface area contributed by atoms with E-state index in [1.54, 1.807) is 20.1 Å². The maximum atomic E-state index is 13.0. The Bertz CT molecular complexity index is 593. The van der Waals surface area contributed by atoms with E-state index in [0.29, 0.717) is 13.0 Å². The van der Waals surface area contributed by atoms with Crippen molar-refractivity contribution in [3.8, 4) is 0 Å². The molecule has 168 valence electrons. The minimum atomic E-state index is -1.17. The number of rotatable bonds is 12. The lowest BCUT2D eigenvalue weighted by Gasteiger charge is -2.27. The molecule has 1 aliphatic rings. The van der Waals surface area contributed by atoms with Crippen molar-refractivity contribution in [2.24, 2.45) is 17.6 Å². The van der Waals surface area contributed by atoms with Crippen LogP contribution in [0.1, 0.15) is 54.4 Å². The third kappa shape index (κ3) is 7.88. The third-order valence-electron chi connectivity index (χ3n) is 5.23. The molecule has 1 heterocycles. The number of ketones is 1. The van der Waals surface area contributed by atoms with E-state index >= 15 is 0 Å². The molecule has 0 aromatic carbocycles. The molecular weight excluding hydrogens is 394 g/mol. The Kier molecular flexibility index (Phi) is 9.59. The molecule has 6 atom stereocenters. The number of nitrogens with two attached hydrogens (primary N) is 1. The number of ether oxygens (including phenoxy) is 1. The van der Waals surface area contributed by atoms with E-state index in [1.165, 1.54) is 0 Å². The topological polar surface area (TPSA) is 137 Å². The molecule has 0 spiro atoms. The van der Waals surface area contributed by atoms with Crippen molar-refractivity contribution in [1.82, 2.24) is 10.6 Å². The van der Waals surface area contributed by atoms with Gasteiger partial charge >= 0.3 is 0 Å². The Labute approximate surface area is 177 Å². The first kappa shape index (κ1) is 25.9. The highest BCUT2D eigenvalue weighted by Gasteiger charge is 2.50. The van der Waals surface area contributed by atoms with Crippen LogP contribution in [0, 0.1) is 11.8 Å². The van der Waals surface area contributed by atoms with Crippen LogP contribution in [0.25, 0.3) is 0 Å². The number of carbonyl (C=O) groups is 3. The van der Waals surface area contributed by atoms with Gasteiger partial charge in [0, 0.05) is 6.42 Å². The maximum absolute atomic E-state index is 13.0. The van der Waals surface area contributed by atoms with Gasteiger partial charge in [-0.2, -0.15) is 0 Å². The van der Waals surface area contributed by atoms with E-state index in [9.17, 15) is 18.9 Å². The Balaban J connectivity index is 2.96. The molecular formula is C20H37N3O5S. The van der Waals surface area contributed by atoms with Gasteiger partial charge in [0.15, 0.2) is 5.78 Å². The Morgan fingerprint density at radius 1 is 1.07 bits per heavy atom. The van der Waals surface area contributed by atoms with Gasteiger partial charge in [-0.3, -0.25) is 14.4 Å². The molecule has 0 aromatic rings. The number of amides is 2. The van der Waals surface area contributed by atoms with Gasteiger partial charge in [0.05, 0.1) is 24.9 Å². The van der Waals surface area contributed by atoms with Crippen molar-refractivity contribution in [3.63, 3.8) is 0 Å². The van der Waals surface area contributed by atoms with Crippen LogP contribution in [-0.2, 0) is 30.3 Å². The Morgan fingerprint density at radius 3 is 2.00 bits per heavy atom. The fourth-order valence-corrected chi connectivity index (χ4v) is 3.33. The molecule has 0 radical (unpaired) electrons. The number of epoxide rings is 1. The zero-order valence-electron chi connectivity index (χ0n) is 18.6. The van der Waals surface area contributed by atoms with E-state index in [-0.39, 0.29) is 29.3 Å². The van der Waals surface area contributed by atoms with Gasteiger partial charge in [0.1, 0.15) is 16.9 Å². The summed E-state index contributed by atoms with van der Waals surface area (Å²) in [5.74, 6) is -1.02. The first-order valence-electron chi connectivity index (χ1n) is 10.1. The van der Waals surface area contributed by atoms with Crippen molar-refractivity contribution in [2.45, 2.75) is 83.4 Å². The first-order chi connectivity index (χ1) is 13.3. The van der Waals surface area contributed by atoms with Crippen LogP contribution in [0.15, 0.2) is 0 Å². The third-order valence-corrected chi connectivity index (χ3v) is 6.55. The van der Waals surface area contributed by atoms with Gasteiger partial charge in [-0.1, -0.05) is 38.9 Å². The Morgan fingerprint density at radius 2 is 1.59 bits per heavy atom. The summed E-state index contributed by atoms with van der Waals surface area (Å²) < 4.78 is 17.1. The van der Waals surface area contributed by atoms with Crippen LogP contribution < -0.4 is 16.4 Å². The van der Waals surface area contributed by atoms with Crippen molar-refractivity contribution < 1.29 is 23.7 Å². The minimum Gasteiger partial charge on any atom is -0.616 e. The number of hydrogen-bond acceptors (Lipinski definition) is 6. The molecule has 4 N–H and O–H groups in total. The normalized spacial score (nSPS) is 23.8. The number of nitrogens with one attached hydrogen (secondary N) is 2. The number of carbonyl (C=O) groups excluding carboxylic acids is 3. The summed E-state index contributed by atoms with van der Waals surface area (Å²) >= 11 is -1.17. The average molecular weight is 432 g/mol. The van der Waals surface area contributed by atoms with E-state index < -0.39 is 46.7 Å². The second-order valence-corrected chi connectivity index (χ2v) is 10.8. The second-order valence-electron chi connectivity index (χ2n) is 8.95. The summed E-state index contributed by atoms with van der Waals surface area (Å²) in [6.45, 7) is 11.4. The Hall–Kier alpha value is -1.16. The molecule has 1 fully saturated rings. The molecule has 1 aliphatic heterocycles. The summed E-state index contributed by atoms with van der Waals surface area (Å²) in [5.41, 5.74) is 5.05. The van der Waals surface area contributed by atoms with Crippen LogP contribution in [0.3, 0.4) is 0 Å². The lowest BCUT2D eigenvalue weighted by Crippen LogP contribution is -2.57. The summed E-state index contributed by atoms with van der Waals surface area (Å²) in [6.07, 6.45) is 2.20. The van der Waals surface area contributed by atoms with Gasteiger partial charge in [-0.05, 0) is 32.1 Å². The van der Waals surface area contributed by atoms with E-state index in [2.05, 4.69) is 10.6 Å². The quantitative estimate of drug-likeness (QED) is 0.304. The molecule has 1 unspecified atom stereocenters. The lowest BCUT2D eigenvalue weighted by molar-refractivity contribution is -0.133. The molecule has 0 aliphatic carbocycles. The van der Waals surface area contributed by atoms with Gasteiger partial charge in [0.25, 0.3) is 0 Å². The van der Waals surface area contributed by atoms with E-state index in [0.717, 1.165) is 0 Å².